The average Bonchev–Trinajstić information content (AvgIpc) is 3.45. The molecule has 1 saturated heterocycles. The third kappa shape index (κ3) is 9.42. The Morgan fingerprint density at radius 1 is 0.911 bits per heavy atom. The monoisotopic (exact) mass is 611 g/mol. The van der Waals surface area contributed by atoms with Crippen LogP contribution in [0.1, 0.15) is 20.3 Å². The van der Waals surface area contributed by atoms with Gasteiger partial charge in [0.25, 0.3) is 0 Å². The van der Waals surface area contributed by atoms with Crippen molar-refractivity contribution in [2.45, 2.75) is 33.0 Å². The molecule has 0 saturated carbocycles. The van der Waals surface area contributed by atoms with Crippen LogP contribution in [-0.2, 0) is 16.0 Å². The van der Waals surface area contributed by atoms with E-state index in [1.54, 1.807) is 4.68 Å². The quantitative estimate of drug-likeness (QED) is 0.146. The lowest BCUT2D eigenvalue weighted by molar-refractivity contribution is -0.125. The summed E-state index contributed by atoms with van der Waals surface area (Å²) in [6.07, 6.45) is -0.412. The maximum Gasteiger partial charge on any atom is 0.635 e. The van der Waals surface area contributed by atoms with Crippen molar-refractivity contribution >= 4 is 18.9 Å². The van der Waals surface area contributed by atoms with Gasteiger partial charge in [-0.15, -0.1) is 0 Å². The minimum absolute atomic E-state index is 0.0720. The van der Waals surface area contributed by atoms with Crippen LogP contribution in [0.3, 0.4) is 0 Å². The molecule has 236 valence electrons. The molecule has 1 aliphatic rings. The van der Waals surface area contributed by atoms with Crippen molar-refractivity contribution in [2.75, 3.05) is 44.2 Å². The Hall–Kier alpha value is -4.16. The maximum absolute atomic E-state index is 13.1. The number of hydrogen-bond acceptors (Lipinski definition) is 8. The second-order valence-corrected chi connectivity index (χ2v) is 11.6. The number of nitrogens with one attached hydrogen (secondary N) is 1. The number of para-hydroxylation sites is 1. The number of aromatic nitrogens is 2. The Balaban J connectivity index is 1.23. The van der Waals surface area contributed by atoms with E-state index in [1.807, 2.05) is 80.6 Å². The van der Waals surface area contributed by atoms with Gasteiger partial charge in [0.2, 0.25) is 5.91 Å². The zero-order chi connectivity index (χ0) is 31.6. The number of anilines is 1. The Bertz CT molecular complexity index is 1480. The highest BCUT2D eigenvalue weighted by atomic mass is 16.6. The number of ether oxygens (including phenoxy) is 1. The summed E-state index contributed by atoms with van der Waals surface area (Å²) in [5, 5.41) is 26.2. The molecule has 1 unspecified atom stereocenters. The molecule has 1 atom stereocenters. The highest BCUT2D eigenvalue weighted by Gasteiger charge is 2.23. The van der Waals surface area contributed by atoms with Crippen LogP contribution in [0.15, 0.2) is 91.0 Å². The van der Waals surface area contributed by atoms with Crippen LogP contribution in [0.4, 0.5) is 5.69 Å². The van der Waals surface area contributed by atoms with Crippen molar-refractivity contribution in [1.82, 2.24) is 20.0 Å². The van der Waals surface area contributed by atoms with E-state index in [-0.39, 0.29) is 18.4 Å². The second kappa shape index (κ2) is 15.7. The van der Waals surface area contributed by atoms with Gasteiger partial charge in [-0.05, 0) is 48.2 Å². The maximum atomic E-state index is 13.1. The standard InChI is InChI=1S/C34H42BN5O5/c1-26(2)22-34(45-35(42)43)36-33(41)25-40-32(27-10-5-3-6-11-27)24-31(37-40)28-12-9-15-30(23-28)44-21-20-38-16-18-39(19-17-38)29-13-7-4-8-14-29/h3-15,23-24,26,34,42-43H,16-22,25H2,1-2H3,(H,36,41). The molecule has 5 rings (SSSR count). The summed E-state index contributed by atoms with van der Waals surface area (Å²) in [6, 6.07) is 30.1. The molecule has 3 N–H and O–H groups in total. The van der Waals surface area contributed by atoms with E-state index in [2.05, 4.69) is 39.4 Å². The normalized spacial score (nSPS) is 14.4. The molecule has 2 heterocycles. The minimum atomic E-state index is -1.98. The first-order valence-electron chi connectivity index (χ1n) is 15.5. The number of amides is 1. The van der Waals surface area contributed by atoms with E-state index < -0.39 is 13.5 Å². The predicted octanol–water partition coefficient (Wildman–Crippen LogP) is 3.89. The van der Waals surface area contributed by atoms with Crippen LogP contribution >= 0.6 is 0 Å². The molecule has 0 radical (unpaired) electrons. The molecule has 10 nitrogen and oxygen atoms in total. The summed E-state index contributed by atoms with van der Waals surface area (Å²) in [6.45, 7) is 9.28. The fraction of sp³-hybridized carbons (Fsp3) is 0.353. The second-order valence-electron chi connectivity index (χ2n) is 11.6. The molecule has 11 heteroatoms. The Morgan fingerprint density at radius 3 is 2.29 bits per heavy atom. The number of piperazine rings is 1. The Labute approximate surface area is 265 Å². The van der Waals surface area contributed by atoms with Gasteiger partial charge in [-0.2, -0.15) is 5.10 Å². The fourth-order valence-corrected chi connectivity index (χ4v) is 5.51. The van der Waals surface area contributed by atoms with Crippen LogP contribution < -0.4 is 15.0 Å². The third-order valence-electron chi connectivity index (χ3n) is 7.74. The van der Waals surface area contributed by atoms with Crippen molar-refractivity contribution in [1.29, 1.82) is 0 Å². The zero-order valence-electron chi connectivity index (χ0n) is 26.0. The summed E-state index contributed by atoms with van der Waals surface area (Å²) in [5.41, 5.74) is 4.57. The molecule has 45 heavy (non-hydrogen) atoms. The molecule has 1 aliphatic heterocycles. The van der Waals surface area contributed by atoms with E-state index in [4.69, 9.17) is 14.5 Å². The van der Waals surface area contributed by atoms with Gasteiger partial charge < -0.3 is 29.7 Å². The van der Waals surface area contributed by atoms with Gasteiger partial charge in [-0.1, -0.05) is 74.5 Å². The average molecular weight is 612 g/mol. The number of nitrogens with zero attached hydrogens (tertiary/aromatic N) is 4. The molecule has 0 bridgehead atoms. The molecule has 1 aromatic heterocycles. The number of hydrogen-bond donors (Lipinski definition) is 3. The SMILES string of the molecule is CC(C)CC(NC(=O)Cn1nc(-c2cccc(OCCN3CCN(c4ccccc4)CC3)c2)cc1-c1ccccc1)OB(O)O. The first-order chi connectivity index (χ1) is 21.8. The number of carbonyl (C=O) groups is 1. The molecule has 0 aliphatic carbocycles. The number of benzene rings is 3. The topological polar surface area (TPSA) is 112 Å². The van der Waals surface area contributed by atoms with Gasteiger partial charge in [0.1, 0.15) is 25.1 Å². The molecule has 1 amide bonds. The lowest BCUT2D eigenvalue weighted by Gasteiger charge is -2.36. The summed E-state index contributed by atoms with van der Waals surface area (Å²) >= 11 is 0. The summed E-state index contributed by atoms with van der Waals surface area (Å²) in [4.78, 5) is 17.9. The molecule has 3 aromatic carbocycles. The van der Waals surface area contributed by atoms with E-state index in [0.29, 0.717) is 18.7 Å². The molecule has 1 fully saturated rings. The highest BCUT2D eigenvalue weighted by Crippen LogP contribution is 2.28. The van der Waals surface area contributed by atoms with Crippen LogP contribution in [-0.4, -0.2) is 83.5 Å². The zero-order valence-corrected chi connectivity index (χ0v) is 26.0. The minimum Gasteiger partial charge on any atom is -0.492 e. The van der Waals surface area contributed by atoms with Gasteiger partial charge >= 0.3 is 7.32 Å². The number of carbonyl (C=O) groups excluding carboxylic acids is 1. The van der Waals surface area contributed by atoms with Crippen molar-refractivity contribution < 1.29 is 24.2 Å². The van der Waals surface area contributed by atoms with Gasteiger partial charge in [0, 0.05) is 44.0 Å². The fourth-order valence-electron chi connectivity index (χ4n) is 5.51. The molecular formula is C34H42BN5O5. The summed E-state index contributed by atoms with van der Waals surface area (Å²) in [7, 11) is -1.98. The van der Waals surface area contributed by atoms with Gasteiger partial charge in [-0.25, -0.2) is 0 Å². The Morgan fingerprint density at radius 2 is 1.60 bits per heavy atom. The van der Waals surface area contributed by atoms with Gasteiger partial charge in [0.15, 0.2) is 0 Å². The highest BCUT2D eigenvalue weighted by molar-refractivity contribution is 6.32. The van der Waals surface area contributed by atoms with Crippen LogP contribution in [0.2, 0.25) is 0 Å². The van der Waals surface area contributed by atoms with Gasteiger partial charge in [0.05, 0.1) is 11.4 Å². The van der Waals surface area contributed by atoms with E-state index >= 15 is 0 Å². The van der Waals surface area contributed by atoms with Crippen LogP contribution in [0.25, 0.3) is 22.5 Å². The molecular weight excluding hydrogens is 569 g/mol. The summed E-state index contributed by atoms with van der Waals surface area (Å²) < 4.78 is 12.9. The number of rotatable bonds is 14. The van der Waals surface area contributed by atoms with Crippen LogP contribution in [0.5, 0.6) is 5.75 Å². The van der Waals surface area contributed by atoms with Crippen LogP contribution in [0, 0.1) is 5.92 Å². The van der Waals surface area contributed by atoms with Crippen molar-refractivity contribution in [3.8, 4) is 28.3 Å². The van der Waals surface area contributed by atoms with Gasteiger partial charge in [-0.3, -0.25) is 14.4 Å². The van der Waals surface area contributed by atoms with Crippen molar-refractivity contribution in [2.24, 2.45) is 5.92 Å². The molecule has 0 spiro atoms. The first kappa shape index (κ1) is 32.2. The van der Waals surface area contributed by atoms with E-state index in [9.17, 15) is 14.8 Å². The van der Waals surface area contributed by atoms with E-state index in [1.165, 1.54) is 5.69 Å². The summed E-state index contributed by atoms with van der Waals surface area (Å²) in [5.74, 6) is 0.583. The first-order valence-corrected chi connectivity index (χ1v) is 15.5. The van der Waals surface area contributed by atoms with E-state index in [0.717, 1.165) is 55.3 Å². The Kier molecular flexibility index (Phi) is 11.3. The third-order valence-corrected chi connectivity index (χ3v) is 7.74. The smallest absolute Gasteiger partial charge is 0.492 e. The predicted molar refractivity (Wildman–Crippen MR) is 176 cm³/mol. The lowest BCUT2D eigenvalue weighted by atomic mass is 10.1. The molecule has 4 aromatic rings. The lowest BCUT2D eigenvalue weighted by Crippen LogP contribution is -2.47. The largest absolute Gasteiger partial charge is 0.635 e. The van der Waals surface area contributed by atoms with Crippen molar-refractivity contribution in [3.63, 3.8) is 0 Å². The van der Waals surface area contributed by atoms with Crippen molar-refractivity contribution in [3.05, 3.63) is 91.0 Å².